The highest BCUT2D eigenvalue weighted by atomic mass is 19.1. The standard InChI is InChI=1S/C14H11FN4O/c1-20-13-9-10(15)7-8-12(13)14-16-17-18-19(14)11-5-3-2-4-6-11/h2-9H,1H3. The second-order valence-corrected chi connectivity index (χ2v) is 4.09. The van der Waals surface area contributed by atoms with E-state index in [2.05, 4.69) is 15.5 Å². The van der Waals surface area contributed by atoms with Crippen LogP contribution < -0.4 is 4.74 Å². The first kappa shape index (κ1) is 12.3. The number of para-hydroxylation sites is 1. The lowest BCUT2D eigenvalue weighted by atomic mass is 10.2. The highest BCUT2D eigenvalue weighted by Gasteiger charge is 2.15. The van der Waals surface area contributed by atoms with Crippen LogP contribution in [0.4, 0.5) is 4.39 Å². The van der Waals surface area contributed by atoms with Gasteiger partial charge in [0.15, 0.2) is 5.82 Å². The molecule has 0 aliphatic rings. The summed E-state index contributed by atoms with van der Waals surface area (Å²) in [7, 11) is 1.48. The van der Waals surface area contributed by atoms with Crippen LogP contribution >= 0.6 is 0 Å². The molecule has 3 rings (SSSR count). The molecule has 0 saturated heterocycles. The smallest absolute Gasteiger partial charge is 0.190 e. The van der Waals surface area contributed by atoms with Crippen molar-refractivity contribution in [1.82, 2.24) is 20.2 Å². The molecule has 0 aliphatic carbocycles. The Bertz CT molecular complexity index is 727. The van der Waals surface area contributed by atoms with Gasteiger partial charge in [-0.05, 0) is 34.7 Å². The van der Waals surface area contributed by atoms with Gasteiger partial charge in [0.1, 0.15) is 11.6 Å². The van der Waals surface area contributed by atoms with E-state index in [1.807, 2.05) is 30.3 Å². The van der Waals surface area contributed by atoms with Gasteiger partial charge in [0.2, 0.25) is 0 Å². The Morgan fingerprint density at radius 1 is 1.10 bits per heavy atom. The molecule has 100 valence electrons. The van der Waals surface area contributed by atoms with E-state index < -0.39 is 0 Å². The molecule has 3 aromatic rings. The fraction of sp³-hybridized carbons (Fsp3) is 0.0714. The summed E-state index contributed by atoms with van der Waals surface area (Å²) in [6.45, 7) is 0. The Kier molecular flexibility index (Phi) is 3.12. The molecular weight excluding hydrogens is 259 g/mol. The van der Waals surface area contributed by atoms with E-state index in [0.29, 0.717) is 17.1 Å². The Morgan fingerprint density at radius 3 is 2.65 bits per heavy atom. The van der Waals surface area contributed by atoms with Crippen molar-refractivity contribution in [1.29, 1.82) is 0 Å². The molecule has 5 nitrogen and oxygen atoms in total. The van der Waals surface area contributed by atoms with Crippen LogP contribution in [0.3, 0.4) is 0 Å². The van der Waals surface area contributed by atoms with Crippen molar-refractivity contribution < 1.29 is 9.13 Å². The van der Waals surface area contributed by atoms with E-state index in [1.54, 1.807) is 10.7 Å². The van der Waals surface area contributed by atoms with Gasteiger partial charge >= 0.3 is 0 Å². The van der Waals surface area contributed by atoms with Crippen LogP contribution in [0.25, 0.3) is 17.1 Å². The molecule has 20 heavy (non-hydrogen) atoms. The molecule has 0 unspecified atom stereocenters. The minimum Gasteiger partial charge on any atom is -0.496 e. The first-order valence-corrected chi connectivity index (χ1v) is 5.97. The second kappa shape index (κ2) is 5.08. The van der Waals surface area contributed by atoms with Gasteiger partial charge in [-0.25, -0.2) is 4.39 Å². The maximum Gasteiger partial charge on any atom is 0.190 e. The topological polar surface area (TPSA) is 52.8 Å². The van der Waals surface area contributed by atoms with Gasteiger partial charge in [0.25, 0.3) is 0 Å². The Morgan fingerprint density at radius 2 is 1.90 bits per heavy atom. The van der Waals surface area contributed by atoms with Gasteiger partial charge in [-0.3, -0.25) is 0 Å². The largest absolute Gasteiger partial charge is 0.496 e. The van der Waals surface area contributed by atoms with Gasteiger partial charge in [-0.2, -0.15) is 4.68 Å². The van der Waals surface area contributed by atoms with Crippen molar-refractivity contribution in [3.63, 3.8) is 0 Å². The minimum absolute atomic E-state index is 0.371. The zero-order valence-electron chi connectivity index (χ0n) is 10.7. The summed E-state index contributed by atoms with van der Waals surface area (Å²) < 4.78 is 20.0. The van der Waals surface area contributed by atoms with E-state index in [9.17, 15) is 4.39 Å². The molecule has 0 N–H and O–H groups in total. The van der Waals surface area contributed by atoms with Crippen molar-refractivity contribution in [2.75, 3.05) is 7.11 Å². The number of hydrogen-bond donors (Lipinski definition) is 0. The lowest BCUT2D eigenvalue weighted by Gasteiger charge is -2.08. The van der Waals surface area contributed by atoms with Gasteiger partial charge in [0.05, 0.1) is 18.4 Å². The quantitative estimate of drug-likeness (QED) is 0.733. The first-order valence-electron chi connectivity index (χ1n) is 5.97. The molecule has 0 saturated carbocycles. The van der Waals surface area contributed by atoms with Crippen molar-refractivity contribution in [3.8, 4) is 22.8 Å². The van der Waals surface area contributed by atoms with E-state index in [0.717, 1.165) is 5.69 Å². The third-order valence-electron chi connectivity index (χ3n) is 2.87. The molecule has 0 amide bonds. The van der Waals surface area contributed by atoms with Crippen LogP contribution in [0.1, 0.15) is 0 Å². The molecule has 0 radical (unpaired) electrons. The van der Waals surface area contributed by atoms with Gasteiger partial charge < -0.3 is 4.74 Å². The fourth-order valence-corrected chi connectivity index (χ4v) is 1.95. The van der Waals surface area contributed by atoms with E-state index in [1.165, 1.54) is 19.2 Å². The lowest BCUT2D eigenvalue weighted by Crippen LogP contribution is -2.01. The average Bonchev–Trinajstić information content (AvgIpc) is 2.97. The van der Waals surface area contributed by atoms with E-state index in [-0.39, 0.29) is 5.82 Å². The summed E-state index contributed by atoms with van der Waals surface area (Å²) in [5.41, 5.74) is 1.45. The lowest BCUT2D eigenvalue weighted by molar-refractivity contribution is 0.412. The zero-order valence-corrected chi connectivity index (χ0v) is 10.7. The van der Waals surface area contributed by atoms with Crippen molar-refractivity contribution >= 4 is 0 Å². The molecular formula is C14H11FN4O. The summed E-state index contributed by atoms with van der Waals surface area (Å²) in [5.74, 6) is 0.509. The van der Waals surface area contributed by atoms with Gasteiger partial charge in [-0.1, -0.05) is 18.2 Å². The molecule has 0 spiro atoms. The van der Waals surface area contributed by atoms with Gasteiger partial charge in [-0.15, -0.1) is 5.10 Å². The number of methoxy groups -OCH3 is 1. The normalized spacial score (nSPS) is 10.5. The van der Waals surface area contributed by atoms with Crippen LogP contribution in [-0.4, -0.2) is 27.3 Å². The number of aromatic nitrogens is 4. The summed E-state index contributed by atoms with van der Waals surface area (Å²) in [5, 5.41) is 11.7. The predicted octanol–water partition coefficient (Wildman–Crippen LogP) is 2.48. The van der Waals surface area contributed by atoms with Crippen LogP contribution in [0.15, 0.2) is 48.5 Å². The number of tetrazole rings is 1. The third kappa shape index (κ3) is 2.11. The zero-order chi connectivity index (χ0) is 13.9. The van der Waals surface area contributed by atoms with Crippen molar-refractivity contribution in [3.05, 3.63) is 54.3 Å². The number of hydrogen-bond acceptors (Lipinski definition) is 4. The monoisotopic (exact) mass is 270 g/mol. The summed E-state index contributed by atoms with van der Waals surface area (Å²) in [6.07, 6.45) is 0. The summed E-state index contributed by atoms with van der Waals surface area (Å²) in [4.78, 5) is 0. The predicted molar refractivity (Wildman–Crippen MR) is 71.1 cm³/mol. The molecule has 1 aromatic heterocycles. The molecule has 2 aromatic carbocycles. The molecule has 0 atom stereocenters. The van der Waals surface area contributed by atoms with Crippen LogP contribution in [-0.2, 0) is 0 Å². The fourth-order valence-electron chi connectivity index (χ4n) is 1.95. The minimum atomic E-state index is -0.371. The highest BCUT2D eigenvalue weighted by molar-refractivity contribution is 5.65. The van der Waals surface area contributed by atoms with Crippen LogP contribution in [0.2, 0.25) is 0 Å². The van der Waals surface area contributed by atoms with E-state index >= 15 is 0 Å². The summed E-state index contributed by atoms with van der Waals surface area (Å²) >= 11 is 0. The van der Waals surface area contributed by atoms with Crippen molar-refractivity contribution in [2.24, 2.45) is 0 Å². The molecule has 0 fully saturated rings. The number of nitrogens with zero attached hydrogens (tertiary/aromatic N) is 4. The number of rotatable bonds is 3. The molecule has 0 aliphatic heterocycles. The van der Waals surface area contributed by atoms with Crippen LogP contribution in [0, 0.1) is 5.82 Å². The number of halogens is 1. The maximum absolute atomic E-state index is 13.3. The summed E-state index contributed by atoms with van der Waals surface area (Å²) in [6, 6.07) is 13.7. The SMILES string of the molecule is COc1cc(F)ccc1-c1nnnn1-c1ccccc1. The number of ether oxygens (including phenoxy) is 1. The molecule has 1 heterocycles. The number of benzene rings is 2. The Hall–Kier alpha value is -2.76. The Balaban J connectivity index is 2.15. The third-order valence-corrected chi connectivity index (χ3v) is 2.87. The van der Waals surface area contributed by atoms with Crippen molar-refractivity contribution in [2.45, 2.75) is 0 Å². The molecule has 0 bridgehead atoms. The van der Waals surface area contributed by atoms with E-state index in [4.69, 9.17) is 4.74 Å². The average molecular weight is 270 g/mol. The first-order chi connectivity index (χ1) is 9.79. The molecule has 6 heteroatoms. The van der Waals surface area contributed by atoms with Crippen LogP contribution in [0.5, 0.6) is 5.75 Å². The van der Waals surface area contributed by atoms with Gasteiger partial charge in [0, 0.05) is 6.07 Å². The second-order valence-electron chi connectivity index (χ2n) is 4.09. The highest BCUT2D eigenvalue weighted by Crippen LogP contribution is 2.29. The Labute approximate surface area is 114 Å². The maximum atomic E-state index is 13.3.